The maximum absolute atomic E-state index is 8.75. The quantitative estimate of drug-likeness (QED) is 0.643. The average molecular weight is 335 g/mol. The molecule has 0 aliphatic carbocycles. The Morgan fingerprint density at radius 3 is 2.68 bits per heavy atom. The molecule has 2 heterocycles. The van der Waals surface area contributed by atoms with Crippen LogP contribution in [0.2, 0.25) is 0 Å². The van der Waals surface area contributed by atoms with E-state index in [2.05, 4.69) is 33.3 Å². The van der Waals surface area contributed by atoms with Crippen molar-refractivity contribution in [2.24, 2.45) is 0 Å². The number of unbranched alkanes of at least 4 members (excludes halogenated alkanes) is 1. The predicted octanol–water partition coefficient (Wildman–Crippen LogP) is 2.73. The van der Waals surface area contributed by atoms with E-state index >= 15 is 0 Å². The molecule has 25 heavy (non-hydrogen) atoms. The Kier molecular flexibility index (Phi) is 5.09. The smallest absolute Gasteiger partial charge is 0.226 e. The fourth-order valence-corrected chi connectivity index (χ4v) is 2.59. The second kappa shape index (κ2) is 7.62. The maximum Gasteiger partial charge on any atom is 0.226 e. The molecule has 0 saturated heterocycles. The van der Waals surface area contributed by atoms with E-state index in [1.165, 1.54) is 0 Å². The molecule has 7 heteroatoms. The van der Waals surface area contributed by atoms with Crippen LogP contribution >= 0.6 is 0 Å². The molecule has 0 unspecified atom stereocenters. The molecule has 2 aromatic heterocycles. The van der Waals surface area contributed by atoms with E-state index in [0.717, 1.165) is 30.5 Å². The lowest BCUT2D eigenvalue weighted by Gasteiger charge is -2.08. The number of benzene rings is 1. The molecule has 0 aliphatic rings. The molecule has 0 fully saturated rings. The fraction of sp³-hybridized carbons (Fsp3) is 0.333. The van der Waals surface area contributed by atoms with Crippen molar-refractivity contribution in [3.63, 3.8) is 0 Å². The van der Waals surface area contributed by atoms with E-state index in [1.807, 2.05) is 28.8 Å². The van der Waals surface area contributed by atoms with E-state index in [9.17, 15) is 0 Å². The Morgan fingerprint density at radius 2 is 1.96 bits per heavy atom. The van der Waals surface area contributed by atoms with Crippen LogP contribution in [0, 0.1) is 11.3 Å². The summed E-state index contributed by atoms with van der Waals surface area (Å²) in [5.74, 6) is 0.914. The summed E-state index contributed by atoms with van der Waals surface area (Å²) in [6.45, 7) is 3.58. The van der Waals surface area contributed by atoms with Gasteiger partial charge in [-0.1, -0.05) is 37.6 Å². The SMILES string of the molecule is CCCCNc1nc(N)c2ncn(Cc3ccc(CC#N)cc3)c2n1. The Morgan fingerprint density at radius 1 is 1.20 bits per heavy atom. The number of imidazole rings is 1. The monoisotopic (exact) mass is 335 g/mol. The van der Waals surface area contributed by atoms with Crippen LogP contribution in [0.1, 0.15) is 30.9 Å². The highest BCUT2D eigenvalue weighted by Gasteiger charge is 2.11. The number of nitrogens with two attached hydrogens (primary N) is 1. The number of hydrogen-bond donors (Lipinski definition) is 2. The second-order valence-electron chi connectivity index (χ2n) is 5.91. The van der Waals surface area contributed by atoms with Gasteiger partial charge in [0, 0.05) is 6.54 Å². The van der Waals surface area contributed by atoms with Gasteiger partial charge in [-0.05, 0) is 17.5 Å². The molecule has 0 amide bonds. The third kappa shape index (κ3) is 3.86. The molecule has 3 aromatic rings. The van der Waals surface area contributed by atoms with Crippen molar-refractivity contribution in [1.82, 2.24) is 19.5 Å². The molecule has 7 nitrogen and oxygen atoms in total. The number of nitrogens with one attached hydrogen (secondary N) is 1. The zero-order valence-corrected chi connectivity index (χ0v) is 14.2. The minimum absolute atomic E-state index is 0.382. The van der Waals surface area contributed by atoms with Crippen molar-refractivity contribution in [3.8, 4) is 6.07 Å². The van der Waals surface area contributed by atoms with Crippen molar-refractivity contribution in [2.75, 3.05) is 17.6 Å². The molecule has 0 spiro atoms. The third-order valence-corrected chi connectivity index (χ3v) is 3.96. The standard InChI is InChI=1S/C18H21N7/c1-2-3-10-21-18-23-16(20)15-17(24-18)25(12-22-15)11-14-6-4-13(5-7-14)8-9-19/h4-7,12H,2-3,8,10-11H2,1H3,(H3,20,21,23,24). The van der Waals surface area contributed by atoms with Crippen LogP contribution in [-0.2, 0) is 13.0 Å². The van der Waals surface area contributed by atoms with Crippen molar-refractivity contribution in [3.05, 3.63) is 41.7 Å². The van der Waals surface area contributed by atoms with Crippen molar-refractivity contribution in [2.45, 2.75) is 32.7 Å². The normalized spacial score (nSPS) is 10.7. The zero-order chi connectivity index (χ0) is 17.6. The summed E-state index contributed by atoms with van der Waals surface area (Å²) in [6.07, 6.45) is 4.31. The average Bonchev–Trinajstić information content (AvgIpc) is 3.01. The number of rotatable bonds is 7. The van der Waals surface area contributed by atoms with Crippen LogP contribution in [-0.4, -0.2) is 26.1 Å². The topological polar surface area (TPSA) is 105 Å². The van der Waals surface area contributed by atoms with Gasteiger partial charge in [-0.3, -0.25) is 0 Å². The van der Waals surface area contributed by atoms with E-state index in [-0.39, 0.29) is 0 Å². The summed E-state index contributed by atoms with van der Waals surface area (Å²) in [5, 5.41) is 12.0. The Bertz CT molecular complexity index is 890. The summed E-state index contributed by atoms with van der Waals surface area (Å²) >= 11 is 0. The lowest BCUT2D eigenvalue weighted by atomic mass is 10.1. The molecule has 0 atom stereocenters. The summed E-state index contributed by atoms with van der Waals surface area (Å²) in [5.41, 5.74) is 9.47. The highest BCUT2D eigenvalue weighted by Crippen LogP contribution is 2.19. The van der Waals surface area contributed by atoms with Crippen LogP contribution in [0.25, 0.3) is 11.2 Å². The molecule has 3 rings (SSSR count). The predicted molar refractivity (Wildman–Crippen MR) is 98.0 cm³/mol. The molecule has 0 aliphatic heterocycles. The highest BCUT2D eigenvalue weighted by molar-refractivity contribution is 5.82. The van der Waals surface area contributed by atoms with Gasteiger partial charge in [-0.2, -0.15) is 15.2 Å². The van der Waals surface area contributed by atoms with Crippen LogP contribution in [0.3, 0.4) is 0 Å². The molecule has 3 N–H and O–H groups in total. The largest absolute Gasteiger partial charge is 0.382 e. The Balaban J connectivity index is 1.84. The first-order chi connectivity index (χ1) is 12.2. The first-order valence-electron chi connectivity index (χ1n) is 8.38. The van der Waals surface area contributed by atoms with Crippen LogP contribution in [0.15, 0.2) is 30.6 Å². The van der Waals surface area contributed by atoms with Gasteiger partial charge in [-0.15, -0.1) is 0 Å². The molecule has 1 aromatic carbocycles. The number of anilines is 2. The van der Waals surface area contributed by atoms with E-state index in [1.54, 1.807) is 6.33 Å². The van der Waals surface area contributed by atoms with Crippen molar-refractivity contribution < 1.29 is 0 Å². The van der Waals surface area contributed by atoms with Gasteiger partial charge in [-0.25, -0.2) is 4.98 Å². The van der Waals surface area contributed by atoms with Gasteiger partial charge >= 0.3 is 0 Å². The van der Waals surface area contributed by atoms with Crippen molar-refractivity contribution >= 4 is 22.9 Å². The Hall–Kier alpha value is -3.14. The molecule has 0 radical (unpaired) electrons. The molecular weight excluding hydrogens is 314 g/mol. The van der Waals surface area contributed by atoms with Gasteiger partial charge < -0.3 is 15.6 Å². The van der Waals surface area contributed by atoms with E-state index < -0.39 is 0 Å². The van der Waals surface area contributed by atoms with Crippen LogP contribution < -0.4 is 11.1 Å². The minimum atomic E-state index is 0.382. The summed E-state index contributed by atoms with van der Waals surface area (Å²) in [7, 11) is 0. The van der Waals surface area contributed by atoms with Gasteiger partial charge in [0.05, 0.1) is 25.4 Å². The molecular formula is C18H21N7. The fourth-order valence-electron chi connectivity index (χ4n) is 2.59. The van der Waals surface area contributed by atoms with Gasteiger partial charge in [0.25, 0.3) is 0 Å². The van der Waals surface area contributed by atoms with Crippen molar-refractivity contribution in [1.29, 1.82) is 5.26 Å². The van der Waals surface area contributed by atoms with Gasteiger partial charge in [0.1, 0.15) is 5.52 Å². The van der Waals surface area contributed by atoms with E-state index in [4.69, 9.17) is 11.0 Å². The third-order valence-electron chi connectivity index (χ3n) is 3.96. The molecule has 128 valence electrons. The first kappa shape index (κ1) is 16.7. The summed E-state index contributed by atoms with van der Waals surface area (Å²) in [6, 6.07) is 10.1. The number of fused-ring (bicyclic) bond motifs is 1. The summed E-state index contributed by atoms with van der Waals surface area (Å²) in [4.78, 5) is 13.2. The lowest BCUT2D eigenvalue weighted by Crippen LogP contribution is -2.08. The lowest BCUT2D eigenvalue weighted by molar-refractivity contribution is 0.808. The number of nitrogen functional groups attached to an aromatic ring is 1. The zero-order valence-electron chi connectivity index (χ0n) is 14.2. The summed E-state index contributed by atoms with van der Waals surface area (Å²) < 4.78 is 1.96. The highest BCUT2D eigenvalue weighted by atomic mass is 15.2. The van der Waals surface area contributed by atoms with Gasteiger partial charge in [0.15, 0.2) is 11.5 Å². The second-order valence-corrected chi connectivity index (χ2v) is 5.91. The van der Waals surface area contributed by atoms with Crippen LogP contribution in [0.4, 0.5) is 11.8 Å². The number of aromatic nitrogens is 4. The number of hydrogen-bond acceptors (Lipinski definition) is 6. The van der Waals surface area contributed by atoms with Gasteiger partial charge in [0.2, 0.25) is 5.95 Å². The first-order valence-corrected chi connectivity index (χ1v) is 8.38. The number of nitrogens with zero attached hydrogens (tertiary/aromatic N) is 5. The number of nitriles is 1. The molecule has 0 bridgehead atoms. The van der Waals surface area contributed by atoms with Crippen LogP contribution in [0.5, 0.6) is 0 Å². The van der Waals surface area contributed by atoms with E-state index in [0.29, 0.717) is 35.9 Å². The maximum atomic E-state index is 8.75. The molecule has 0 saturated carbocycles. The Labute approximate surface area is 146 Å². The minimum Gasteiger partial charge on any atom is -0.382 e.